The van der Waals surface area contributed by atoms with E-state index in [-0.39, 0.29) is 17.8 Å². The molecule has 4 nitrogen and oxygen atoms in total. The van der Waals surface area contributed by atoms with Gasteiger partial charge in [0.05, 0.1) is 4.47 Å². The van der Waals surface area contributed by atoms with Crippen LogP contribution >= 0.6 is 15.9 Å². The van der Waals surface area contributed by atoms with Crippen LogP contribution in [0, 0.1) is 11.7 Å². The Kier molecular flexibility index (Phi) is 7.69. The van der Waals surface area contributed by atoms with Crippen molar-refractivity contribution in [2.24, 2.45) is 5.92 Å². The number of amides is 1. The molecule has 35 heavy (non-hydrogen) atoms. The molecule has 5 rings (SSSR count). The number of nitrogens with zero attached hydrogens (tertiary/aromatic N) is 1. The first-order chi connectivity index (χ1) is 17.0. The van der Waals surface area contributed by atoms with Crippen LogP contribution in [0.15, 0.2) is 59.2 Å². The maximum Gasteiger partial charge on any atom is 0.244 e. The smallest absolute Gasteiger partial charge is 0.244 e. The van der Waals surface area contributed by atoms with Crippen molar-refractivity contribution in [2.75, 3.05) is 19.6 Å². The second kappa shape index (κ2) is 11.1. The monoisotopic (exact) mass is 537 g/mol. The SMILES string of the molecule is O=C(/C=C/c1ccc(F)c(Br)c1)NC1CCC(CN2CCC(c3c[nH]c4ccccc34)CC2)CC1. The Morgan fingerprint density at radius 3 is 2.63 bits per heavy atom. The largest absolute Gasteiger partial charge is 0.361 e. The number of nitrogens with one attached hydrogen (secondary N) is 2. The Morgan fingerprint density at radius 2 is 1.86 bits per heavy atom. The van der Waals surface area contributed by atoms with Crippen molar-refractivity contribution < 1.29 is 9.18 Å². The quantitative estimate of drug-likeness (QED) is 0.346. The fraction of sp³-hybridized carbons (Fsp3) is 0.414. The van der Waals surface area contributed by atoms with E-state index >= 15 is 0 Å². The lowest BCUT2D eigenvalue weighted by atomic mass is 9.84. The highest BCUT2D eigenvalue weighted by atomic mass is 79.9. The molecule has 2 heterocycles. The number of piperidine rings is 1. The molecule has 2 aromatic carbocycles. The normalized spacial score (nSPS) is 22.1. The van der Waals surface area contributed by atoms with Crippen molar-refractivity contribution in [2.45, 2.75) is 50.5 Å². The summed E-state index contributed by atoms with van der Waals surface area (Å²) in [6, 6.07) is 13.6. The first-order valence-corrected chi connectivity index (χ1v) is 13.6. The zero-order valence-corrected chi connectivity index (χ0v) is 21.6. The Hall–Kier alpha value is -2.44. The van der Waals surface area contributed by atoms with Crippen LogP contribution < -0.4 is 5.32 Å². The lowest BCUT2D eigenvalue weighted by Gasteiger charge is -2.36. The summed E-state index contributed by atoms with van der Waals surface area (Å²) in [6.07, 6.45) is 12.4. The molecule has 2 fully saturated rings. The Labute approximate surface area is 215 Å². The number of benzene rings is 2. The van der Waals surface area contributed by atoms with E-state index in [9.17, 15) is 9.18 Å². The lowest BCUT2D eigenvalue weighted by molar-refractivity contribution is -0.117. The average molecular weight is 539 g/mol. The van der Waals surface area contributed by atoms with E-state index < -0.39 is 0 Å². The summed E-state index contributed by atoms with van der Waals surface area (Å²) in [6.45, 7) is 3.52. The molecule has 1 aliphatic carbocycles. The van der Waals surface area contributed by atoms with E-state index in [0.717, 1.165) is 24.3 Å². The number of rotatable bonds is 6. The summed E-state index contributed by atoms with van der Waals surface area (Å²) in [5.74, 6) is 0.993. The zero-order valence-electron chi connectivity index (χ0n) is 20.0. The highest BCUT2D eigenvalue weighted by Gasteiger charge is 2.27. The van der Waals surface area contributed by atoms with Gasteiger partial charge in [0.1, 0.15) is 5.82 Å². The molecule has 1 aliphatic heterocycles. The average Bonchev–Trinajstić information content (AvgIpc) is 3.31. The summed E-state index contributed by atoms with van der Waals surface area (Å²) in [5, 5.41) is 4.53. The topological polar surface area (TPSA) is 48.1 Å². The minimum absolute atomic E-state index is 0.0757. The first kappa shape index (κ1) is 24.3. The van der Waals surface area contributed by atoms with Gasteiger partial charge in [-0.25, -0.2) is 4.39 Å². The van der Waals surface area contributed by atoms with Crippen molar-refractivity contribution in [3.8, 4) is 0 Å². The van der Waals surface area contributed by atoms with Crippen LogP contribution in [0.2, 0.25) is 0 Å². The summed E-state index contributed by atoms with van der Waals surface area (Å²) in [5.41, 5.74) is 3.52. The van der Waals surface area contributed by atoms with Crippen molar-refractivity contribution in [1.82, 2.24) is 15.2 Å². The second-order valence-electron chi connectivity index (χ2n) is 10.1. The summed E-state index contributed by atoms with van der Waals surface area (Å²) in [7, 11) is 0. The van der Waals surface area contributed by atoms with E-state index in [4.69, 9.17) is 0 Å². The third-order valence-electron chi connectivity index (χ3n) is 7.73. The fourth-order valence-electron chi connectivity index (χ4n) is 5.75. The van der Waals surface area contributed by atoms with Gasteiger partial charge < -0.3 is 15.2 Å². The molecule has 1 aromatic heterocycles. The summed E-state index contributed by atoms with van der Waals surface area (Å²) < 4.78 is 13.8. The highest BCUT2D eigenvalue weighted by Crippen LogP contribution is 2.34. The molecule has 184 valence electrons. The maximum atomic E-state index is 13.4. The van der Waals surface area contributed by atoms with Crippen LogP contribution in [0.1, 0.15) is 55.6 Å². The second-order valence-corrected chi connectivity index (χ2v) is 11.0. The summed E-state index contributed by atoms with van der Waals surface area (Å²) in [4.78, 5) is 18.4. The van der Waals surface area contributed by atoms with Crippen LogP contribution in [-0.4, -0.2) is 41.5 Å². The number of carbonyl (C=O) groups excluding carboxylic acids is 1. The van der Waals surface area contributed by atoms with Gasteiger partial charge in [-0.3, -0.25) is 4.79 Å². The third kappa shape index (κ3) is 6.04. The van der Waals surface area contributed by atoms with Crippen molar-refractivity contribution in [3.63, 3.8) is 0 Å². The molecule has 1 saturated carbocycles. The molecule has 1 saturated heterocycles. The van der Waals surface area contributed by atoms with Crippen molar-refractivity contribution in [1.29, 1.82) is 0 Å². The van der Waals surface area contributed by atoms with Gasteiger partial charge >= 0.3 is 0 Å². The zero-order chi connectivity index (χ0) is 24.2. The van der Waals surface area contributed by atoms with E-state index in [1.54, 1.807) is 24.3 Å². The molecule has 0 unspecified atom stereocenters. The van der Waals surface area contributed by atoms with Crippen LogP contribution in [0.5, 0.6) is 0 Å². The van der Waals surface area contributed by atoms with Gasteiger partial charge in [0.15, 0.2) is 0 Å². The molecular weight excluding hydrogens is 505 g/mol. The molecule has 2 aliphatic rings. The van der Waals surface area contributed by atoms with Crippen LogP contribution in [0.4, 0.5) is 4.39 Å². The van der Waals surface area contributed by atoms with Gasteiger partial charge in [0.25, 0.3) is 0 Å². The number of likely N-dealkylation sites (tertiary alicyclic amines) is 1. The van der Waals surface area contributed by atoms with E-state index in [2.05, 4.69) is 61.6 Å². The van der Waals surface area contributed by atoms with Crippen molar-refractivity contribution in [3.05, 3.63) is 76.2 Å². The van der Waals surface area contributed by atoms with Gasteiger partial charge in [-0.05, 0) is 115 Å². The number of para-hydroxylation sites is 1. The predicted molar refractivity (Wildman–Crippen MR) is 144 cm³/mol. The number of hydrogen-bond acceptors (Lipinski definition) is 2. The van der Waals surface area contributed by atoms with Crippen molar-refractivity contribution >= 4 is 38.8 Å². The number of H-pyrrole nitrogens is 1. The predicted octanol–water partition coefficient (Wildman–Crippen LogP) is 6.64. The lowest BCUT2D eigenvalue weighted by Crippen LogP contribution is -2.41. The molecule has 0 atom stereocenters. The molecular formula is C29H33BrFN3O. The molecule has 2 N–H and O–H groups in total. The van der Waals surface area contributed by atoms with E-state index in [1.165, 1.54) is 67.9 Å². The summed E-state index contributed by atoms with van der Waals surface area (Å²) >= 11 is 3.18. The van der Waals surface area contributed by atoms with E-state index in [1.807, 2.05) is 0 Å². The Bertz CT molecular complexity index is 1190. The number of fused-ring (bicyclic) bond motifs is 1. The van der Waals surface area contributed by atoms with Gasteiger partial charge in [-0.15, -0.1) is 0 Å². The molecule has 6 heteroatoms. The molecule has 1 amide bonds. The molecule has 0 radical (unpaired) electrons. The van der Waals surface area contributed by atoms with Gasteiger partial charge in [0, 0.05) is 35.8 Å². The standard InChI is InChI=1S/C29H33BrFN3O/c30-26-17-20(7-11-27(26)31)8-12-29(35)33-23-9-5-21(6-10-23)19-34-15-13-22(14-16-34)25-18-32-28-4-2-1-3-24(25)28/h1-4,7-8,11-12,17-18,21-23,32H,5-6,9-10,13-16,19H2,(H,33,35)/b12-8+. The van der Waals surface area contributed by atoms with Crippen LogP contribution in [0.25, 0.3) is 17.0 Å². The molecule has 0 bridgehead atoms. The number of aromatic amines is 1. The maximum absolute atomic E-state index is 13.4. The number of aromatic nitrogens is 1. The molecule has 3 aromatic rings. The van der Waals surface area contributed by atoms with Crippen LogP contribution in [0.3, 0.4) is 0 Å². The van der Waals surface area contributed by atoms with Gasteiger partial charge in [-0.2, -0.15) is 0 Å². The van der Waals surface area contributed by atoms with E-state index in [0.29, 0.717) is 10.4 Å². The number of hydrogen-bond donors (Lipinski definition) is 2. The first-order valence-electron chi connectivity index (χ1n) is 12.8. The number of halogens is 2. The Balaban J connectivity index is 1.04. The van der Waals surface area contributed by atoms with Gasteiger partial charge in [-0.1, -0.05) is 24.3 Å². The minimum atomic E-state index is -0.304. The minimum Gasteiger partial charge on any atom is -0.361 e. The highest BCUT2D eigenvalue weighted by molar-refractivity contribution is 9.10. The third-order valence-corrected chi connectivity index (χ3v) is 8.34. The van der Waals surface area contributed by atoms with Crippen LogP contribution in [-0.2, 0) is 4.79 Å². The number of carbonyl (C=O) groups is 1. The Morgan fingerprint density at radius 1 is 1.09 bits per heavy atom. The molecule has 0 spiro atoms. The fourth-order valence-corrected chi connectivity index (χ4v) is 6.15. The van der Waals surface area contributed by atoms with Gasteiger partial charge in [0.2, 0.25) is 5.91 Å².